The highest BCUT2D eigenvalue weighted by Gasteiger charge is 2.19. The van der Waals surface area contributed by atoms with Gasteiger partial charge in [0.15, 0.2) is 10.8 Å². The molecule has 0 aliphatic heterocycles. The third kappa shape index (κ3) is 2.08. The predicted molar refractivity (Wildman–Crippen MR) is 55.1 cm³/mol. The van der Waals surface area contributed by atoms with Crippen molar-refractivity contribution >= 4 is 27.8 Å². The molecule has 1 aromatic rings. The molecule has 0 bridgehead atoms. The summed E-state index contributed by atoms with van der Waals surface area (Å²) in [4.78, 5) is 21.5. The molecule has 5 nitrogen and oxygen atoms in total. The zero-order chi connectivity index (χ0) is 10.7. The topological polar surface area (TPSA) is 72.2 Å². The second kappa shape index (κ2) is 4.19. The van der Waals surface area contributed by atoms with Crippen molar-refractivity contribution in [1.29, 1.82) is 0 Å². The number of nitro groups is 1. The van der Waals surface area contributed by atoms with E-state index in [0.29, 0.717) is 16.4 Å². The quantitative estimate of drug-likeness (QED) is 0.474. The lowest BCUT2D eigenvalue weighted by Crippen LogP contribution is -1.97. The molecule has 0 fully saturated rings. The Morgan fingerprint density at radius 3 is 2.79 bits per heavy atom. The number of carbonyl (C=O) groups excluding carboxylic acids is 1. The summed E-state index contributed by atoms with van der Waals surface area (Å²) in [5.74, 6) is -0.151. The highest BCUT2D eigenvalue weighted by molar-refractivity contribution is 7.18. The number of nitrogens with zero attached hydrogens (tertiary/aromatic N) is 1. The minimum absolute atomic E-state index is 0.0259. The number of hydrogen-bond donors (Lipinski definition) is 1. The molecule has 0 saturated heterocycles. The molecule has 1 aromatic heterocycles. The number of ketones is 1. The summed E-state index contributed by atoms with van der Waals surface area (Å²) in [6.07, 6.45) is 0. The molecule has 1 heterocycles. The average Bonchev–Trinajstić information content (AvgIpc) is 2.49. The number of hydrogen-bond acceptors (Lipinski definition) is 5. The van der Waals surface area contributed by atoms with Gasteiger partial charge in [0.1, 0.15) is 0 Å². The Bertz CT molecular complexity index is 373. The summed E-state index contributed by atoms with van der Waals surface area (Å²) in [5.41, 5.74) is -0.0259. The molecule has 0 radical (unpaired) electrons. The number of nitrogens with one attached hydrogen (secondary N) is 1. The van der Waals surface area contributed by atoms with Crippen LogP contribution in [0.25, 0.3) is 0 Å². The molecule has 76 valence electrons. The second-order valence-electron chi connectivity index (χ2n) is 2.67. The lowest BCUT2D eigenvalue weighted by molar-refractivity contribution is -0.383. The van der Waals surface area contributed by atoms with Gasteiger partial charge in [0.2, 0.25) is 0 Å². The first kappa shape index (κ1) is 10.6. The number of rotatable bonds is 4. The SMILES string of the molecule is CCNc1sc(C(C)=O)cc1[N+](=O)[O-]. The van der Waals surface area contributed by atoms with E-state index in [2.05, 4.69) is 5.32 Å². The molecule has 0 spiro atoms. The standard InChI is InChI=1S/C8H10N2O3S/c1-3-9-8-6(10(12)13)4-7(14-8)5(2)11/h4,9H,3H2,1-2H3. The summed E-state index contributed by atoms with van der Waals surface area (Å²) in [5, 5.41) is 13.9. The summed E-state index contributed by atoms with van der Waals surface area (Å²) >= 11 is 1.12. The van der Waals surface area contributed by atoms with Crippen LogP contribution in [0.3, 0.4) is 0 Å². The van der Waals surface area contributed by atoms with Crippen LogP contribution in [0.5, 0.6) is 0 Å². The summed E-state index contributed by atoms with van der Waals surface area (Å²) in [6.45, 7) is 3.83. The first-order valence-electron chi connectivity index (χ1n) is 4.09. The van der Waals surface area contributed by atoms with E-state index >= 15 is 0 Å². The van der Waals surface area contributed by atoms with Crippen LogP contribution in [-0.2, 0) is 0 Å². The van der Waals surface area contributed by atoms with Gasteiger partial charge < -0.3 is 5.32 Å². The molecule has 14 heavy (non-hydrogen) atoms. The van der Waals surface area contributed by atoms with Gasteiger partial charge in [0.25, 0.3) is 0 Å². The molecule has 6 heteroatoms. The molecule has 0 aromatic carbocycles. The van der Waals surface area contributed by atoms with Crippen LogP contribution >= 0.6 is 11.3 Å². The molecule has 0 aliphatic carbocycles. The van der Waals surface area contributed by atoms with Gasteiger partial charge in [-0.1, -0.05) is 0 Å². The van der Waals surface area contributed by atoms with Crippen molar-refractivity contribution in [3.8, 4) is 0 Å². The van der Waals surface area contributed by atoms with E-state index in [-0.39, 0.29) is 11.5 Å². The van der Waals surface area contributed by atoms with Gasteiger partial charge in [0, 0.05) is 12.6 Å². The third-order valence-electron chi connectivity index (χ3n) is 1.59. The summed E-state index contributed by atoms with van der Waals surface area (Å²) in [7, 11) is 0. The van der Waals surface area contributed by atoms with Crippen LogP contribution < -0.4 is 5.32 Å². The number of Topliss-reactive ketones (excluding diaryl/α,β-unsaturated/α-hetero) is 1. The zero-order valence-corrected chi connectivity index (χ0v) is 8.68. The van der Waals surface area contributed by atoms with Gasteiger partial charge >= 0.3 is 5.69 Å². The lowest BCUT2D eigenvalue weighted by atomic mass is 10.3. The highest BCUT2D eigenvalue weighted by atomic mass is 32.1. The van der Waals surface area contributed by atoms with Crippen LogP contribution in [0.1, 0.15) is 23.5 Å². The van der Waals surface area contributed by atoms with Crippen LogP contribution in [0.4, 0.5) is 10.7 Å². The monoisotopic (exact) mass is 214 g/mol. The molecule has 0 saturated carbocycles. The molecular weight excluding hydrogens is 204 g/mol. The highest BCUT2D eigenvalue weighted by Crippen LogP contribution is 2.34. The Hall–Kier alpha value is -1.43. The van der Waals surface area contributed by atoms with Crippen molar-refractivity contribution in [2.75, 3.05) is 11.9 Å². The molecule has 0 aliphatic rings. The van der Waals surface area contributed by atoms with Gasteiger partial charge in [-0.2, -0.15) is 0 Å². The largest absolute Gasteiger partial charge is 0.372 e. The van der Waals surface area contributed by atoms with E-state index in [4.69, 9.17) is 0 Å². The maximum absolute atomic E-state index is 11.0. The molecule has 0 atom stereocenters. The van der Waals surface area contributed by atoms with E-state index in [9.17, 15) is 14.9 Å². The van der Waals surface area contributed by atoms with Crippen LogP contribution in [-0.4, -0.2) is 17.3 Å². The van der Waals surface area contributed by atoms with Crippen molar-refractivity contribution in [3.63, 3.8) is 0 Å². The molecule has 1 rings (SSSR count). The minimum atomic E-state index is -0.485. The summed E-state index contributed by atoms with van der Waals surface area (Å²) < 4.78 is 0. The predicted octanol–water partition coefficient (Wildman–Crippen LogP) is 2.29. The Balaban J connectivity index is 3.12. The smallest absolute Gasteiger partial charge is 0.304 e. The normalized spacial score (nSPS) is 9.86. The first-order chi connectivity index (χ1) is 6.56. The van der Waals surface area contributed by atoms with Crippen molar-refractivity contribution in [2.24, 2.45) is 0 Å². The Kier molecular flexibility index (Phi) is 3.19. The van der Waals surface area contributed by atoms with E-state index in [1.54, 1.807) is 0 Å². The lowest BCUT2D eigenvalue weighted by Gasteiger charge is -1.96. The van der Waals surface area contributed by atoms with E-state index in [1.807, 2.05) is 6.92 Å². The van der Waals surface area contributed by atoms with E-state index in [1.165, 1.54) is 13.0 Å². The van der Waals surface area contributed by atoms with Crippen molar-refractivity contribution < 1.29 is 9.72 Å². The van der Waals surface area contributed by atoms with Crippen molar-refractivity contribution in [2.45, 2.75) is 13.8 Å². The molecular formula is C8H10N2O3S. The second-order valence-corrected chi connectivity index (χ2v) is 3.72. The number of carbonyl (C=O) groups is 1. The third-order valence-corrected chi connectivity index (χ3v) is 2.78. The first-order valence-corrected chi connectivity index (χ1v) is 4.91. The van der Waals surface area contributed by atoms with Crippen LogP contribution in [0.15, 0.2) is 6.07 Å². The fourth-order valence-electron chi connectivity index (χ4n) is 0.978. The van der Waals surface area contributed by atoms with Gasteiger partial charge in [-0.25, -0.2) is 0 Å². The Morgan fingerprint density at radius 2 is 2.36 bits per heavy atom. The maximum atomic E-state index is 11.0. The van der Waals surface area contributed by atoms with Crippen molar-refractivity contribution in [3.05, 3.63) is 21.1 Å². The number of thiophene rings is 1. The molecule has 0 amide bonds. The van der Waals surface area contributed by atoms with Gasteiger partial charge in [-0.15, -0.1) is 11.3 Å². The van der Waals surface area contributed by atoms with Gasteiger partial charge in [-0.05, 0) is 13.8 Å². The Morgan fingerprint density at radius 1 is 1.71 bits per heavy atom. The van der Waals surface area contributed by atoms with Gasteiger partial charge in [0.05, 0.1) is 9.80 Å². The summed E-state index contributed by atoms with van der Waals surface area (Å²) in [6, 6.07) is 1.31. The molecule has 0 unspecified atom stereocenters. The van der Waals surface area contributed by atoms with Crippen molar-refractivity contribution in [1.82, 2.24) is 0 Å². The van der Waals surface area contributed by atoms with Crippen LogP contribution in [0.2, 0.25) is 0 Å². The Labute approximate surface area is 84.9 Å². The van der Waals surface area contributed by atoms with Gasteiger partial charge in [-0.3, -0.25) is 14.9 Å². The number of anilines is 1. The average molecular weight is 214 g/mol. The fraction of sp³-hybridized carbons (Fsp3) is 0.375. The van der Waals surface area contributed by atoms with E-state index < -0.39 is 4.92 Å². The molecule has 1 N–H and O–H groups in total. The van der Waals surface area contributed by atoms with Crippen LogP contribution in [0, 0.1) is 10.1 Å². The fourth-order valence-corrected chi connectivity index (χ4v) is 1.97. The maximum Gasteiger partial charge on any atom is 0.304 e. The van der Waals surface area contributed by atoms with E-state index in [0.717, 1.165) is 11.3 Å². The zero-order valence-electron chi connectivity index (χ0n) is 7.86. The minimum Gasteiger partial charge on any atom is -0.372 e.